The molecule has 3 aliphatic heterocycles. The van der Waals surface area contributed by atoms with Crippen LogP contribution in [0.25, 0.3) is 0 Å². The van der Waals surface area contributed by atoms with E-state index in [0.717, 1.165) is 26.2 Å². The van der Waals surface area contributed by atoms with E-state index in [4.69, 9.17) is 5.73 Å². The zero-order valence-electron chi connectivity index (χ0n) is 12.7. The third-order valence-electron chi connectivity index (χ3n) is 5.46. The van der Waals surface area contributed by atoms with Crippen LogP contribution < -0.4 is 10.6 Å². The summed E-state index contributed by atoms with van der Waals surface area (Å²) in [5, 5.41) is 11.2. The van der Waals surface area contributed by atoms with Gasteiger partial charge >= 0.3 is 5.69 Å². The number of nitrogens with two attached hydrogens (primary N) is 1. The molecule has 3 fully saturated rings. The quantitative estimate of drug-likeness (QED) is 0.504. The van der Waals surface area contributed by atoms with Crippen molar-refractivity contribution in [3.63, 3.8) is 0 Å². The van der Waals surface area contributed by atoms with Crippen molar-refractivity contribution in [1.82, 2.24) is 9.80 Å². The number of rotatable bonds is 3. The number of anilines is 2. The van der Waals surface area contributed by atoms with Gasteiger partial charge in [0, 0.05) is 44.3 Å². The van der Waals surface area contributed by atoms with Gasteiger partial charge < -0.3 is 15.5 Å². The minimum absolute atomic E-state index is 0.0450. The first-order valence-electron chi connectivity index (χ1n) is 7.78. The van der Waals surface area contributed by atoms with E-state index < -0.39 is 0 Å². The molecule has 0 aromatic heterocycles. The molecule has 2 bridgehead atoms. The summed E-state index contributed by atoms with van der Waals surface area (Å²) >= 11 is 0. The Morgan fingerprint density at radius 2 is 1.95 bits per heavy atom. The van der Waals surface area contributed by atoms with Crippen LogP contribution in [0.2, 0.25) is 0 Å². The molecule has 0 radical (unpaired) electrons. The number of likely N-dealkylation sites (tertiary alicyclic amines) is 2. The number of nitrogen functional groups attached to an aromatic ring is 1. The van der Waals surface area contributed by atoms with Crippen molar-refractivity contribution in [3.05, 3.63) is 28.3 Å². The molecular weight excluding hydrogens is 282 g/mol. The van der Waals surface area contributed by atoms with Gasteiger partial charge in [-0.05, 0) is 25.6 Å². The van der Waals surface area contributed by atoms with Crippen LogP contribution in [0.3, 0.4) is 0 Å². The topological polar surface area (TPSA) is 78.9 Å². The molecule has 0 spiro atoms. The number of likely N-dealkylation sites (N-methyl/N-ethyl adjacent to an activating group) is 1. The summed E-state index contributed by atoms with van der Waals surface area (Å²) in [5.41, 5.74) is 6.72. The minimum atomic E-state index is -0.370. The smallest absolute Gasteiger partial charge is 0.315 e. The third kappa shape index (κ3) is 1.96. The van der Waals surface area contributed by atoms with E-state index in [9.17, 15) is 10.1 Å². The van der Waals surface area contributed by atoms with Gasteiger partial charge in [-0.2, -0.15) is 0 Å². The first-order valence-corrected chi connectivity index (χ1v) is 7.78. The van der Waals surface area contributed by atoms with Gasteiger partial charge in [0.2, 0.25) is 0 Å². The Balaban J connectivity index is 1.46. The summed E-state index contributed by atoms with van der Waals surface area (Å²) in [6.45, 7) is 4.01. The first kappa shape index (κ1) is 13.8. The second kappa shape index (κ2) is 4.82. The molecule has 7 heteroatoms. The lowest BCUT2D eigenvalue weighted by Gasteiger charge is -2.48. The maximum absolute atomic E-state index is 11.2. The molecule has 3 aliphatic rings. The predicted octanol–water partition coefficient (Wildman–Crippen LogP) is 0.754. The number of nitro groups is 1. The van der Waals surface area contributed by atoms with Gasteiger partial charge in [0.05, 0.1) is 4.92 Å². The van der Waals surface area contributed by atoms with E-state index in [-0.39, 0.29) is 16.3 Å². The lowest BCUT2D eigenvalue weighted by Crippen LogP contribution is -2.63. The number of piperazine rings is 1. The third-order valence-corrected chi connectivity index (χ3v) is 5.46. The van der Waals surface area contributed by atoms with Crippen LogP contribution in [0.1, 0.15) is 6.42 Å². The maximum atomic E-state index is 11.2. The molecule has 3 heterocycles. The second-order valence-electron chi connectivity index (χ2n) is 6.71. The highest BCUT2D eigenvalue weighted by atomic mass is 16.6. The van der Waals surface area contributed by atoms with Crippen LogP contribution in [0.15, 0.2) is 18.2 Å². The van der Waals surface area contributed by atoms with Crippen LogP contribution in [0.4, 0.5) is 17.1 Å². The Hall–Kier alpha value is -1.86. The molecule has 1 aromatic carbocycles. The number of benzene rings is 1. The van der Waals surface area contributed by atoms with Crippen LogP contribution >= 0.6 is 0 Å². The Labute approximate surface area is 129 Å². The number of hydrogen-bond acceptors (Lipinski definition) is 6. The van der Waals surface area contributed by atoms with Crippen LogP contribution in [-0.2, 0) is 0 Å². The van der Waals surface area contributed by atoms with Crippen molar-refractivity contribution in [2.24, 2.45) is 0 Å². The number of nitro benzene ring substituents is 1. The van der Waals surface area contributed by atoms with Gasteiger partial charge in [-0.1, -0.05) is 6.07 Å². The molecule has 3 saturated heterocycles. The Morgan fingerprint density at radius 3 is 2.55 bits per heavy atom. The Kier molecular flexibility index (Phi) is 3.02. The van der Waals surface area contributed by atoms with Gasteiger partial charge in [-0.25, -0.2) is 0 Å². The second-order valence-corrected chi connectivity index (χ2v) is 6.71. The average Bonchev–Trinajstić information content (AvgIpc) is 2.96. The summed E-state index contributed by atoms with van der Waals surface area (Å²) in [4.78, 5) is 18.0. The summed E-state index contributed by atoms with van der Waals surface area (Å²) < 4.78 is 0. The zero-order chi connectivity index (χ0) is 15.4. The lowest BCUT2D eigenvalue weighted by atomic mass is 10.0. The van der Waals surface area contributed by atoms with Gasteiger partial charge in [-0.15, -0.1) is 0 Å². The van der Waals surface area contributed by atoms with Gasteiger partial charge in [-0.3, -0.25) is 15.0 Å². The molecule has 2 N–H and O–H groups in total. The zero-order valence-corrected chi connectivity index (χ0v) is 12.7. The fraction of sp³-hybridized carbons (Fsp3) is 0.600. The van der Waals surface area contributed by atoms with Crippen molar-refractivity contribution >= 4 is 17.1 Å². The highest BCUT2D eigenvalue weighted by Crippen LogP contribution is 2.39. The van der Waals surface area contributed by atoms with Crippen LogP contribution in [-0.4, -0.2) is 66.1 Å². The molecule has 0 amide bonds. The normalized spacial score (nSPS) is 29.0. The van der Waals surface area contributed by atoms with Crippen molar-refractivity contribution in [1.29, 1.82) is 0 Å². The van der Waals surface area contributed by atoms with Crippen LogP contribution in [0.5, 0.6) is 0 Å². The minimum Gasteiger partial charge on any atom is -0.393 e. The van der Waals surface area contributed by atoms with E-state index in [1.807, 2.05) is 0 Å². The molecule has 0 saturated carbocycles. The van der Waals surface area contributed by atoms with Gasteiger partial charge in [0.1, 0.15) is 11.4 Å². The van der Waals surface area contributed by atoms with E-state index in [1.165, 1.54) is 6.42 Å². The van der Waals surface area contributed by atoms with Crippen molar-refractivity contribution in [2.75, 3.05) is 43.9 Å². The number of nitrogens with zero attached hydrogens (tertiary/aromatic N) is 4. The lowest BCUT2D eigenvalue weighted by molar-refractivity contribution is -0.383. The monoisotopic (exact) mass is 303 g/mol. The molecule has 7 nitrogen and oxygen atoms in total. The van der Waals surface area contributed by atoms with E-state index >= 15 is 0 Å². The molecule has 2 atom stereocenters. The molecule has 0 aliphatic carbocycles. The maximum Gasteiger partial charge on any atom is 0.315 e. The molecule has 1 aromatic rings. The highest BCUT2D eigenvalue weighted by Gasteiger charge is 2.47. The number of fused-ring (bicyclic) bond motifs is 2. The van der Waals surface area contributed by atoms with E-state index in [0.29, 0.717) is 23.8 Å². The van der Waals surface area contributed by atoms with Gasteiger partial charge in [0.25, 0.3) is 0 Å². The summed E-state index contributed by atoms with van der Waals surface area (Å²) in [6.07, 6.45) is 1.27. The largest absolute Gasteiger partial charge is 0.393 e. The van der Waals surface area contributed by atoms with Crippen molar-refractivity contribution in [3.8, 4) is 0 Å². The average molecular weight is 303 g/mol. The summed E-state index contributed by atoms with van der Waals surface area (Å²) in [6, 6.07) is 7.06. The van der Waals surface area contributed by atoms with E-state index in [1.54, 1.807) is 18.2 Å². The van der Waals surface area contributed by atoms with Gasteiger partial charge in [0.15, 0.2) is 0 Å². The summed E-state index contributed by atoms with van der Waals surface area (Å²) in [7, 11) is 2.20. The van der Waals surface area contributed by atoms with E-state index in [2.05, 4.69) is 21.7 Å². The fourth-order valence-corrected chi connectivity index (χ4v) is 4.21. The molecule has 22 heavy (non-hydrogen) atoms. The Bertz CT molecular complexity index is 614. The Morgan fingerprint density at radius 1 is 1.18 bits per heavy atom. The standard InChI is InChI=1S/C15H21N5O2/c1-17-6-11-5-10(17)9-19(11)12-7-18(8-12)14-4-2-3-13(16)15(14)20(21)22/h2-4,10-12H,5-9,16H2,1H3. The molecular formula is C15H21N5O2. The predicted molar refractivity (Wildman–Crippen MR) is 85.0 cm³/mol. The van der Waals surface area contributed by atoms with Crippen LogP contribution in [0, 0.1) is 10.1 Å². The number of para-hydroxylation sites is 1. The summed E-state index contributed by atoms with van der Waals surface area (Å²) in [5.74, 6) is 0. The van der Waals surface area contributed by atoms with Crippen molar-refractivity contribution in [2.45, 2.75) is 24.5 Å². The first-order chi connectivity index (χ1) is 10.5. The fourth-order valence-electron chi connectivity index (χ4n) is 4.21. The highest BCUT2D eigenvalue weighted by molar-refractivity contribution is 5.76. The van der Waals surface area contributed by atoms with Crippen molar-refractivity contribution < 1.29 is 4.92 Å². The SMILES string of the molecule is CN1CC2CC1CN2C1CN(c2cccc(N)c2[N+](=O)[O-])C1. The number of hydrogen-bond donors (Lipinski definition) is 1. The molecule has 2 unspecified atom stereocenters. The molecule has 4 rings (SSSR count). The molecule has 118 valence electrons.